The average Bonchev–Trinajstić information content (AvgIpc) is 2.06. The number of aromatic nitrogens is 1. The topological polar surface area (TPSA) is 33.1 Å². The Morgan fingerprint density at radius 2 is 2.27 bits per heavy atom. The molecular formula is C9H6NO. The largest absolute Gasteiger partial charge is 0.506 e. The molecule has 1 aromatic heterocycles. The van der Waals surface area contributed by atoms with E-state index in [1.165, 1.54) is 6.07 Å². The molecule has 0 aliphatic rings. The van der Waals surface area contributed by atoms with Crippen molar-refractivity contribution in [2.45, 2.75) is 0 Å². The predicted molar refractivity (Wildman–Crippen MR) is 42.2 cm³/mol. The van der Waals surface area contributed by atoms with Crippen LogP contribution in [-0.2, 0) is 0 Å². The minimum Gasteiger partial charge on any atom is -0.506 e. The number of phenols is 1. The van der Waals surface area contributed by atoms with Gasteiger partial charge >= 0.3 is 0 Å². The maximum Gasteiger partial charge on any atom is 0.142 e. The zero-order chi connectivity index (χ0) is 7.68. The van der Waals surface area contributed by atoms with Crippen molar-refractivity contribution in [1.82, 2.24) is 4.98 Å². The van der Waals surface area contributed by atoms with E-state index in [0.717, 1.165) is 5.39 Å². The van der Waals surface area contributed by atoms with Gasteiger partial charge in [0, 0.05) is 11.6 Å². The summed E-state index contributed by atoms with van der Waals surface area (Å²) in [5.41, 5.74) is 0.631. The van der Waals surface area contributed by atoms with E-state index in [1.807, 2.05) is 12.1 Å². The molecule has 0 aliphatic heterocycles. The number of nitrogens with zero attached hydrogens (tertiary/aromatic N) is 1. The summed E-state index contributed by atoms with van der Waals surface area (Å²) in [5, 5.41) is 10.2. The summed E-state index contributed by atoms with van der Waals surface area (Å²) < 4.78 is 0. The average molecular weight is 144 g/mol. The number of hydrogen-bond donors (Lipinski definition) is 1. The summed E-state index contributed by atoms with van der Waals surface area (Å²) in [4.78, 5) is 4.01. The highest BCUT2D eigenvalue weighted by Gasteiger charge is 1.96. The molecule has 1 aromatic carbocycles. The summed E-state index contributed by atoms with van der Waals surface area (Å²) in [5.74, 6) is 0.183. The Hall–Kier alpha value is -1.57. The molecule has 1 heterocycles. The summed E-state index contributed by atoms with van der Waals surface area (Å²) >= 11 is 0. The normalized spacial score (nSPS) is 10.2. The third-order valence-corrected chi connectivity index (χ3v) is 1.54. The fourth-order valence-electron chi connectivity index (χ4n) is 1.03. The van der Waals surface area contributed by atoms with Crippen LogP contribution in [0.1, 0.15) is 0 Å². The molecule has 0 atom stereocenters. The molecule has 1 N–H and O–H groups in total. The number of phenolic OH excluding ortho intramolecular Hbond substituents is 1. The van der Waals surface area contributed by atoms with Gasteiger partial charge in [0.05, 0.1) is 0 Å². The zero-order valence-electron chi connectivity index (χ0n) is 5.78. The lowest BCUT2D eigenvalue weighted by atomic mass is 10.2. The molecule has 2 heteroatoms. The number of rotatable bonds is 0. The van der Waals surface area contributed by atoms with Gasteiger partial charge in [-0.3, -0.25) is 4.98 Å². The SMILES string of the molecule is Oc1c[c]cc2cccnc12. The first-order chi connectivity index (χ1) is 5.38. The van der Waals surface area contributed by atoms with Crippen LogP contribution in [0.5, 0.6) is 5.75 Å². The van der Waals surface area contributed by atoms with Crippen LogP contribution >= 0.6 is 0 Å². The van der Waals surface area contributed by atoms with Gasteiger partial charge in [-0.15, -0.1) is 0 Å². The van der Waals surface area contributed by atoms with Crippen molar-refractivity contribution in [2.24, 2.45) is 0 Å². The van der Waals surface area contributed by atoms with E-state index in [-0.39, 0.29) is 5.75 Å². The highest BCUT2D eigenvalue weighted by Crippen LogP contribution is 2.20. The molecule has 53 valence electrons. The van der Waals surface area contributed by atoms with E-state index in [0.29, 0.717) is 5.52 Å². The predicted octanol–water partition coefficient (Wildman–Crippen LogP) is 1.74. The van der Waals surface area contributed by atoms with Gasteiger partial charge < -0.3 is 5.11 Å². The Morgan fingerprint density at radius 1 is 1.36 bits per heavy atom. The first-order valence-electron chi connectivity index (χ1n) is 3.32. The van der Waals surface area contributed by atoms with E-state index in [4.69, 9.17) is 0 Å². The first kappa shape index (κ1) is 6.16. The van der Waals surface area contributed by atoms with Crippen LogP contribution in [0.3, 0.4) is 0 Å². The molecule has 0 amide bonds. The molecule has 0 spiro atoms. The lowest BCUT2D eigenvalue weighted by Crippen LogP contribution is -1.76. The van der Waals surface area contributed by atoms with Gasteiger partial charge in [0.15, 0.2) is 0 Å². The molecule has 1 radical (unpaired) electrons. The Kier molecular flexibility index (Phi) is 1.25. The molecule has 0 saturated heterocycles. The zero-order valence-corrected chi connectivity index (χ0v) is 5.78. The molecule has 11 heavy (non-hydrogen) atoms. The van der Waals surface area contributed by atoms with E-state index in [2.05, 4.69) is 11.1 Å². The standard InChI is InChI=1S/C9H6NO/c11-8-5-1-3-7-4-2-6-10-9(7)8/h2-6,11H. The summed E-state index contributed by atoms with van der Waals surface area (Å²) in [7, 11) is 0. The van der Waals surface area contributed by atoms with Crippen molar-refractivity contribution in [3.63, 3.8) is 0 Å². The number of hydrogen-bond acceptors (Lipinski definition) is 2. The smallest absolute Gasteiger partial charge is 0.142 e. The molecule has 0 aliphatic carbocycles. The third kappa shape index (κ3) is 0.923. The van der Waals surface area contributed by atoms with Gasteiger partial charge in [-0.2, -0.15) is 0 Å². The third-order valence-electron chi connectivity index (χ3n) is 1.54. The summed E-state index contributed by atoms with van der Waals surface area (Å²) in [6.45, 7) is 0. The Bertz CT molecular complexity index is 379. The summed E-state index contributed by atoms with van der Waals surface area (Å²) in [6.07, 6.45) is 1.65. The molecule has 0 bridgehead atoms. The van der Waals surface area contributed by atoms with Crippen molar-refractivity contribution in [3.05, 3.63) is 36.5 Å². The Balaban J connectivity index is 2.91. The van der Waals surface area contributed by atoms with Crippen LogP contribution in [0.2, 0.25) is 0 Å². The highest BCUT2D eigenvalue weighted by molar-refractivity contribution is 5.83. The monoisotopic (exact) mass is 144 g/mol. The van der Waals surface area contributed by atoms with Crippen LogP contribution in [-0.4, -0.2) is 10.1 Å². The van der Waals surface area contributed by atoms with Gasteiger partial charge in [0.1, 0.15) is 11.3 Å². The lowest BCUT2D eigenvalue weighted by Gasteiger charge is -1.96. The van der Waals surface area contributed by atoms with Crippen LogP contribution < -0.4 is 0 Å². The number of aromatic hydroxyl groups is 1. The van der Waals surface area contributed by atoms with E-state index < -0.39 is 0 Å². The molecule has 2 rings (SSSR count). The molecule has 0 saturated carbocycles. The fraction of sp³-hybridized carbons (Fsp3) is 0. The van der Waals surface area contributed by atoms with Crippen LogP contribution in [0.4, 0.5) is 0 Å². The number of pyridine rings is 1. The number of fused-ring (bicyclic) bond motifs is 1. The van der Waals surface area contributed by atoms with E-state index >= 15 is 0 Å². The fourth-order valence-corrected chi connectivity index (χ4v) is 1.03. The van der Waals surface area contributed by atoms with Gasteiger partial charge in [-0.1, -0.05) is 6.07 Å². The quantitative estimate of drug-likeness (QED) is 0.611. The van der Waals surface area contributed by atoms with Crippen molar-refractivity contribution in [1.29, 1.82) is 0 Å². The Labute approximate surface area is 64.1 Å². The second-order valence-electron chi connectivity index (χ2n) is 2.28. The maximum absolute atomic E-state index is 9.28. The van der Waals surface area contributed by atoms with Crippen LogP contribution in [0.15, 0.2) is 30.5 Å². The van der Waals surface area contributed by atoms with Crippen LogP contribution in [0.25, 0.3) is 10.9 Å². The van der Waals surface area contributed by atoms with Gasteiger partial charge in [-0.25, -0.2) is 0 Å². The minimum atomic E-state index is 0.183. The molecule has 0 fully saturated rings. The van der Waals surface area contributed by atoms with Gasteiger partial charge in [0.25, 0.3) is 0 Å². The van der Waals surface area contributed by atoms with Crippen LogP contribution in [0, 0.1) is 6.07 Å². The lowest BCUT2D eigenvalue weighted by molar-refractivity contribution is 0.480. The highest BCUT2D eigenvalue weighted by atomic mass is 16.3. The van der Waals surface area contributed by atoms with E-state index in [9.17, 15) is 5.11 Å². The van der Waals surface area contributed by atoms with Crippen molar-refractivity contribution in [2.75, 3.05) is 0 Å². The molecule has 2 nitrogen and oxygen atoms in total. The molecular weight excluding hydrogens is 138 g/mol. The van der Waals surface area contributed by atoms with Crippen molar-refractivity contribution < 1.29 is 5.11 Å². The molecule has 0 unspecified atom stereocenters. The van der Waals surface area contributed by atoms with E-state index in [1.54, 1.807) is 12.3 Å². The first-order valence-corrected chi connectivity index (χ1v) is 3.32. The van der Waals surface area contributed by atoms with Crippen molar-refractivity contribution >= 4 is 10.9 Å². The van der Waals surface area contributed by atoms with Gasteiger partial charge in [0.2, 0.25) is 0 Å². The van der Waals surface area contributed by atoms with Gasteiger partial charge in [-0.05, 0) is 24.3 Å². The maximum atomic E-state index is 9.28. The minimum absolute atomic E-state index is 0.183. The summed E-state index contributed by atoms with van der Waals surface area (Å²) in [6, 6.07) is 9.83. The number of benzene rings is 1. The Morgan fingerprint density at radius 3 is 3.09 bits per heavy atom. The second-order valence-corrected chi connectivity index (χ2v) is 2.28. The second kappa shape index (κ2) is 2.23. The van der Waals surface area contributed by atoms with Crippen molar-refractivity contribution in [3.8, 4) is 5.75 Å². The molecule has 2 aromatic rings.